The Morgan fingerprint density at radius 1 is 0.204 bits per heavy atom. The number of benzene rings is 14. The van der Waals surface area contributed by atoms with Crippen LogP contribution in [0.25, 0.3) is 167 Å². The lowest BCUT2D eigenvalue weighted by atomic mass is 9.98. The maximum absolute atomic E-state index is 10.1. The Bertz CT molecular complexity index is 5590. The summed E-state index contributed by atoms with van der Waals surface area (Å²) in [5.41, 5.74) is 24.3. The second-order valence-electron chi connectivity index (χ2n) is 24.5. The van der Waals surface area contributed by atoms with Crippen molar-refractivity contribution in [2.24, 2.45) is 0 Å². The lowest BCUT2D eigenvalue weighted by Gasteiger charge is -2.17. The van der Waals surface area contributed by atoms with E-state index in [1.165, 1.54) is 0 Å². The predicted octanol–water partition coefficient (Wildman–Crippen LogP) is 22.4. The summed E-state index contributed by atoms with van der Waals surface area (Å²) in [6.07, 6.45) is 0. The first-order valence-electron chi connectivity index (χ1n) is 32.5. The van der Waals surface area contributed by atoms with Crippen LogP contribution in [0.5, 0.6) is 0 Å². The zero-order chi connectivity index (χ0) is 65.6. The maximum atomic E-state index is 10.1. The molecule has 0 spiro atoms. The fraction of sp³-hybridized carbons (Fsp3) is 0. The van der Waals surface area contributed by atoms with Gasteiger partial charge in [0, 0.05) is 49.4 Å². The Kier molecular flexibility index (Phi) is 14.5. The first kappa shape index (κ1) is 58.0. The average Bonchev–Trinajstić information content (AvgIpc) is 1.56. The third-order valence-corrected chi connectivity index (χ3v) is 18.7. The first-order valence-corrected chi connectivity index (χ1v) is 32.5. The van der Waals surface area contributed by atoms with Gasteiger partial charge in [0.1, 0.15) is 0 Å². The average molecular weight is 1250 g/mol. The highest BCUT2D eigenvalue weighted by Gasteiger charge is 2.24. The Morgan fingerprint density at radius 2 is 0.480 bits per heavy atom. The summed E-state index contributed by atoms with van der Waals surface area (Å²) in [4.78, 5) is 16.4. The van der Waals surface area contributed by atoms with Crippen LogP contribution in [0.4, 0.5) is 0 Å². The molecule has 454 valence electrons. The molecule has 0 aliphatic rings. The summed E-state index contributed by atoms with van der Waals surface area (Å²) in [5.74, 6) is 1.34. The van der Waals surface area contributed by atoms with Crippen LogP contribution in [0.3, 0.4) is 0 Å². The third-order valence-electron chi connectivity index (χ3n) is 18.7. The predicted molar refractivity (Wildman–Crippen MR) is 397 cm³/mol. The molecule has 0 fully saturated rings. The lowest BCUT2D eigenvalue weighted by Crippen LogP contribution is -2.03. The highest BCUT2D eigenvalue weighted by atomic mass is 15.0. The lowest BCUT2D eigenvalue weighted by molar-refractivity contribution is 1.07. The van der Waals surface area contributed by atoms with Crippen molar-refractivity contribution in [1.82, 2.24) is 24.1 Å². The van der Waals surface area contributed by atoms with E-state index in [0.717, 1.165) is 150 Å². The summed E-state index contributed by atoms with van der Waals surface area (Å²) in [5, 5.41) is 34.7. The maximum Gasteiger partial charge on any atom is 0.164 e. The fourth-order valence-electron chi connectivity index (χ4n) is 13.8. The number of rotatable bonds is 12. The number of aromatic nitrogens is 5. The zero-order valence-corrected chi connectivity index (χ0v) is 52.8. The van der Waals surface area contributed by atoms with Gasteiger partial charge in [0.2, 0.25) is 0 Å². The van der Waals surface area contributed by atoms with Gasteiger partial charge in [-0.25, -0.2) is 15.0 Å². The van der Waals surface area contributed by atoms with Gasteiger partial charge in [0.25, 0.3) is 0 Å². The fourth-order valence-corrected chi connectivity index (χ4v) is 13.8. The molecule has 17 aromatic rings. The van der Waals surface area contributed by atoms with E-state index in [2.05, 4.69) is 240 Å². The van der Waals surface area contributed by atoms with E-state index in [1.54, 1.807) is 0 Å². The molecule has 0 N–H and O–H groups in total. The number of fused-ring (bicyclic) bond motifs is 6. The quantitative estimate of drug-likeness (QED) is 0.120. The van der Waals surface area contributed by atoms with E-state index < -0.39 is 0 Å². The molecule has 0 aliphatic heterocycles. The molecule has 98 heavy (non-hydrogen) atoms. The molecule has 3 heterocycles. The van der Waals surface area contributed by atoms with Crippen LogP contribution < -0.4 is 0 Å². The molecular weight excluding hydrogens is 1190 g/mol. The van der Waals surface area contributed by atoms with Crippen LogP contribution in [0, 0.1) is 34.0 Å². The molecule has 0 radical (unpaired) electrons. The van der Waals surface area contributed by atoms with Crippen LogP contribution in [-0.4, -0.2) is 24.1 Å². The van der Waals surface area contributed by atoms with Gasteiger partial charge in [-0.3, -0.25) is 0 Å². The summed E-state index contributed by atoms with van der Waals surface area (Å²) in [6, 6.07) is 120. The van der Waals surface area contributed by atoms with Crippen LogP contribution in [0.1, 0.15) is 16.7 Å². The monoisotopic (exact) mass is 1250 g/mol. The largest absolute Gasteiger partial charge is 0.309 e. The van der Waals surface area contributed by atoms with Gasteiger partial charge in [-0.1, -0.05) is 200 Å². The Balaban J connectivity index is 0.885. The smallest absolute Gasteiger partial charge is 0.164 e. The van der Waals surface area contributed by atoms with E-state index in [0.29, 0.717) is 34.2 Å². The van der Waals surface area contributed by atoms with Gasteiger partial charge in [-0.15, -0.1) is 0 Å². The van der Waals surface area contributed by atoms with Crippen molar-refractivity contribution in [2.75, 3.05) is 0 Å². The molecule has 0 bridgehead atoms. The van der Waals surface area contributed by atoms with Crippen molar-refractivity contribution in [1.29, 1.82) is 15.8 Å². The van der Waals surface area contributed by atoms with Gasteiger partial charge in [0.05, 0.1) is 68.3 Å². The summed E-state index contributed by atoms with van der Waals surface area (Å²) in [6.45, 7) is 0. The van der Waals surface area contributed by atoms with Crippen molar-refractivity contribution in [3.63, 3.8) is 0 Å². The number of nitrogens with zero attached hydrogens (tertiary/aromatic N) is 8. The Morgan fingerprint density at radius 3 is 0.827 bits per heavy atom. The van der Waals surface area contributed by atoms with Crippen molar-refractivity contribution in [3.05, 3.63) is 344 Å². The number of nitriles is 3. The van der Waals surface area contributed by atoms with Gasteiger partial charge < -0.3 is 9.13 Å². The highest BCUT2D eigenvalue weighted by Crippen LogP contribution is 2.44. The second-order valence-corrected chi connectivity index (χ2v) is 24.5. The molecule has 0 saturated carbocycles. The van der Waals surface area contributed by atoms with E-state index in [-0.39, 0.29) is 0 Å². The van der Waals surface area contributed by atoms with Gasteiger partial charge in [0.15, 0.2) is 17.5 Å². The minimum Gasteiger partial charge on any atom is -0.309 e. The summed E-state index contributed by atoms with van der Waals surface area (Å²) < 4.78 is 4.72. The van der Waals surface area contributed by atoms with E-state index in [4.69, 9.17) is 15.0 Å². The molecule has 8 heteroatoms. The summed E-state index contributed by atoms with van der Waals surface area (Å²) >= 11 is 0. The molecule has 0 aliphatic carbocycles. The van der Waals surface area contributed by atoms with Crippen molar-refractivity contribution in [3.8, 4) is 142 Å². The molecule has 0 unspecified atom stereocenters. The SMILES string of the molecule is N#Cc1ccc(-c2cc(-c3nc(-c4cccc(-c5cccc(C#N)c5)c4)nc(-c4ccc(-n5c6ccc(-c7ccccc7)cc6c6cc(-c7ccccc7)ccc65)c(-c5ccc(C#N)cc5)c4)n3)ccc2-n2c3ccc(-c4ccccc4)cc3c3cc(-c4ccccc4)ccc32)cc1. The zero-order valence-electron chi connectivity index (χ0n) is 52.8. The number of hydrogen-bond acceptors (Lipinski definition) is 6. The summed E-state index contributed by atoms with van der Waals surface area (Å²) in [7, 11) is 0. The Labute approximate surface area is 566 Å². The molecule has 3 aromatic heterocycles. The minimum atomic E-state index is 0.445. The van der Waals surface area contributed by atoms with E-state index in [1.807, 2.05) is 115 Å². The van der Waals surface area contributed by atoms with Gasteiger partial charge >= 0.3 is 0 Å². The first-order chi connectivity index (χ1) is 48.4. The normalized spacial score (nSPS) is 11.2. The highest BCUT2D eigenvalue weighted by molar-refractivity contribution is 6.14. The molecule has 14 aromatic carbocycles. The second kappa shape index (κ2) is 24.6. The van der Waals surface area contributed by atoms with Crippen molar-refractivity contribution < 1.29 is 0 Å². The van der Waals surface area contributed by atoms with Crippen LogP contribution in [0.2, 0.25) is 0 Å². The molecule has 0 saturated heterocycles. The minimum absolute atomic E-state index is 0.445. The van der Waals surface area contributed by atoms with Crippen LogP contribution in [0.15, 0.2) is 328 Å². The molecule has 0 atom stereocenters. The van der Waals surface area contributed by atoms with E-state index >= 15 is 0 Å². The van der Waals surface area contributed by atoms with Crippen LogP contribution >= 0.6 is 0 Å². The molecule has 8 nitrogen and oxygen atoms in total. The van der Waals surface area contributed by atoms with Gasteiger partial charge in [-0.2, -0.15) is 15.8 Å². The van der Waals surface area contributed by atoms with Gasteiger partial charge in [-0.05, 0) is 194 Å². The van der Waals surface area contributed by atoms with Crippen LogP contribution in [-0.2, 0) is 0 Å². The van der Waals surface area contributed by atoms with Crippen molar-refractivity contribution >= 4 is 43.6 Å². The topological polar surface area (TPSA) is 120 Å². The third kappa shape index (κ3) is 10.6. The molecular formula is C90H54N8. The number of hydrogen-bond donors (Lipinski definition) is 0. The van der Waals surface area contributed by atoms with Crippen molar-refractivity contribution in [2.45, 2.75) is 0 Å². The van der Waals surface area contributed by atoms with E-state index in [9.17, 15) is 15.8 Å². The molecule has 17 rings (SSSR count). The standard InChI is InChI=1S/C90H54N8/c91-55-58-27-31-65(32-28-58)76-53-74(39-45-82(76)97-84-41-35-69(61-16-5-1-6-17-61)49-78(84)79-50-70(36-42-85(79)97)62-18-7-2-8-19-62)89-94-88(73-26-14-25-68(48-73)67-24-13-15-60(47-67)57-93)95-90(96-89)75-40-46-83(77(54-75)66-33-29-59(56-92)30-34-66)98-86-43-37-71(63-20-9-3-10-21-63)51-80(86)81-52-72(38-44-87(81)98)64-22-11-4-12-23-64/h1-54H. The Hall–Kier alpha value is -13.8. The molecule has 0 amide bonds.